The average molecular weight is 255 g/mol. The van der Waals surface area contributed by atoms with Crippen molar-refractivity contribution in [2.75, 3.05) is 0 Å². The first kappa shape index (κ1) is 26.7. The van der Waals surface area contributed by atoms with E-state index in [2.05, 4.69) is 0 Å². The van der Waals surface area contributed by atoms with Gasteiger partial charge in [-0.15, -0.1) is 0 Å². The monoisotopic (exact) mass is 254 g/mol. The smallest absolute Gasteiger partial charge is 1.00 e. The SMILES string of the molecule is C[CH-]C.F.[I-].[Zn+2]. The van der Waals surface area contributed by atoms with Crippen LogP contribution in [0.2, 0.25) is 0 Å². The Balaban J connectivity index is -0.00000000667. The van der Waals surface area contributed by atoms with Crippen LogP contribution in [-0.2, 0) is 19.5 Å². The van der Waals surface area contributed by atoms with Crippen LogP contribution < -0.4 is 24.0 Å². The normalized spacial score (nSPS) is 3.00. The van der Waals surface area contributed by atoms with Crippen molar-refractivity contribution in [3.05, 3.63) is 6.42 Å². The maximum absolute atomic E-state index is 2.00. The van der Waals surface area contributed by atoms with Crippen molar-refractivity contribution in [1.82, 2.24) is 0 Å². The molecular weight excluding hydrogens is 247 g/mol. The van der Waals surface area contributed by atoms with Crippen LogP contribution in [0.3, 0.4) is 0 Å². The minimum atomic E-state index is 0. The fourth-order valence-electron chi connectivity index (χ4n) is 0. The van der Waals surface area contributed by atoms with Crippen LogP contribution >= 0.6 is 0 Å². The summed E-state index contributed by atoms with van der Waals surface area (Å²) >= 11 is 0. The van der Waals surface area contributed by atoms with Crippen LogP contribution in [0.25, 0.3) is 0 Å². The molecule has 0 radical (unpaired) electrons. The van der Waals surface area contributed by atoms with Crippen molar-refractivity contribution in [3.63, 3.8) is 0 Å². The third-order valence-corrected chi connectivity index (χ3v) is 0. The van der Waals surface area contributed by atoms with Gasteiger partial charge in [0.1, 0.15) is 0 Å². The summed E-state index contributed by atoms with van der Waals surface area (Å²) in [4.78, 5) is 0. The fraction of sp³-hybridized carbons (Fsp3) is 0.667. The predicted octanol–water partition coefficient (Wildman–Crippen LogP) is -1.62. The zero-order valence-electron chi connectivity index (χ0n) is 4.07. The van der Waals surface area contributed by atoms with E-state index in [4.69, 9.17) is 0 Å². The Morgan fingerprint density at radius 2 is 1.17 bits per heavy atom. The summed E-state index contributed by atoms with van der Waals surface area (Å²) in [6, 6.07) is 0. The molecule has 0 spiro atoms. The molecule has 0 aliphatic rings. The second-order valence-electron chi connectivity index (χ2n) is 0.577. The van der Waals surface area contributed by atoms with Crippen LogP contribution in [0.5, 0.6) is 0 Å². The standard InChI is InChI=1S/C3H7.FH.HI.Zn/c1-3-2;;;/h3H,1-2H3;2*1H;/q-1;;;+2/p-1. The molecule has 6 heavy (non-hydrogen) atoms. The van der Waals surface area contributed by atoms with Crippen molar-refractivity contribution in [2.24, 2.45) is 0 Å². The van der Waals surface area contributed by atoms with E-state index in [1.165, 1.54) is 0 Å². The largest absolute Gasteiger partial charge is 2.00 e. The summed E-state index contributed by atoms with van der Waals surface area (Å²) in [6.07, 6.45) is 2.00. The molecule has 0 amide bonds. The Kier molecular flexibility index (Phi) is 150. The number of halogens is 2. The van der Waals surface area contributed by atoms with E-state index in [1.54, 1.807) is 0 Å². The van der Waals surface area contributed by atoms with Gasteiger partial charge in [0.2, 0.25) is 0 Å². The first-order valence-corrected chi connectivity index (χ1v) is 1.15. The molecule has 36 valence electrons. The fourth-order valence-corrected chi connectivity index (χ4v) is 0. The van der Waals surface area contributed by atoms with Gasteiger partial charge in [-0.3, -0.25) is 4.70 Å². The van der Waals surface area contributed by atoms with Crippen LogP contribution in [-0.4, -0.2) is 0 Å². The predicted molar refractivity (Wildman–Crippen MR) is 18.2 cm³/mol. The first-order chi connectivity index (χ1) is 1.41. The molecule has 0 aromatic carbocycles. The Morgan fingerprint density at radius 1 is 1.17 bits per heavy atom. The molecule has 0 aromatic heterocycles. The van der Waals surface area contributed by atoms with Gasteiger partial charge >= 0.3 is 19.5 Å². The van der Waals surface area contributed by atoms with E-state index >= 15 is 0 Å². The molecule has 3 heteroatoms. The van der Waals surface area contributed by atoms with Crippen molar-refractivity contribution < 1.29 is 48.2 Å². The molecule has 0 aromatic rings. The number of hydrogen-bond acceptors (Lipinski definition) is 0. The van der Waals surface area contributed by atoms with Crippen LogP contribution in [0.15, 0.2) is 0 Å². The van der Waals surface area contributed by atoms with E-state index in [0.29, 0.717) is 0 Å². The van der Waals surface area contributed by atoms with Crippen LogP contribution in [0.1, 0.15) is 13.8 Å². The maximum Gasteiger partial charge on any atom is 2.00 e. The Hall–Kier alpha value is 1.28. The van der Waals surface area contributed by atoms with E-state index < -0.39 is 0 Å². The van der Waals surface area contributed by atoms with Gasteiger partial charge in [0.15, 0.2) is 0 Å². The maximum atomic E-state index is 2.00. The Labute approximate surface area is 68.2 Å². The number of rotatable bonds is 0. The molecule has 0 atom stereocenters. The molecule has 0 rings (SSSR count). The van der Waals surface area contributed by atoms with Crippen molar-refractivity contribution >= 4 is 0 Å². The van der Waals surface area contributed by atoms with E-state index in [0.717, 1.165) is 0 Å². The third kappa shape index (κ3) is 58.9. The zero-order chi connectivity index (χ0) is 2.71. The molecular formula is C3H8FIZn. The molecule has 0 fully saturated rings. The van der Waals surface area contributed by atoms with Gasteiger partial charge in [0.25, 0.3) is 0 Å². The van der Waals surface area contributed by atoms with Gasteiger partial charge in [-0.2, -0.15) is 13.8 Å². The molecule has 0 bridgehead atoms. The molecule has 0 saturated carbocycles. The summed E-state index contributed by atoms with van der Waals surface area (Å²) in [5.41, 5.74) is 0. The van der Waals surface area contributed by atoms with E-state index in [1.807, 2.05) is 20.3 Å². The van der Waals surface area contributed by atoms with Gasteiger partial charge < -0.3 is 30.4 Å². The van der Waals surface area contributed by atoms with Gasteiger partial charge in [-0.05, 0) is 0 Å². The molecule has 0 nitrogen and oxygen atoms in total. The number of hydrogen-bond donors (Lipinski definition) is 0. The quantitative estimate of drug-likeness (QED) is 0.277. The summed E-state index contributed by atoms with van der Waals surface area (Å²) in [5.74, 6) is 0. The van der Waals surface area contributed by atoms with Gasteiger partial charge in [-0.1, -0.05) is 0 Å². The third-order valence-electron chi connectivity index (χ3n) is 0. The van der Waals surface area contributed by atoms with Crippen molar-refractivity contribution in [1.29, 1.82) is 0 Å². The second-order valence-corrected chi connectivity index (χ2v) is 0.577. The summed E-state index contributed by atoms with van der Waals surface area (Å²) in [5, 5.41) is 0. The zero-order valence-corrected chi connectivity index (χ0v) is 9.20. The Bertz CT molecular complexity index is 10.8. The second kappa shape index (κ2) is 33.6. The minimum absolute atomic E-state index is 0. The van der Waals surface area contributed by atoms with Gasteiger partial charge in [0, 0.05) is 0 Å². The van der Waals surface area contributed by atoms with E-state index in [-0.39, 0.29) is 48.2 Å². The molecule has 0 unspecified atom stereocenters. The minimum Gasteiger partial charge on any atom is -1.00 e. The molecule has 0 N–H and O–H groups in total. The van der Waals surface area contributed by atoms with Crippen molar-refractivity contribution in [3.8, 4) is 0 Å². The summed E-state index contributed by atoms with van der Waals surface area (Å²) in [7, 11) is 0. The topological polar surface area (TPSA) is 0 Å². The average Bonchev–Trinajstić information content (AvgIpc) is 0.918. The van der Waals surface area contributed by atoms with Crippen molar-refractivity contribution in [2.45, 2.75) is 13.8 Å². The van der Waals surface area contributed by atoms with Crippen LogP contribution in [0, 0.1) is 6.42 Å². The Morgan fingerprint density at radius 3 is 1.17 bits per heavy atom. The van der Waals surface area contributed by atoms with E-state index in [9.17, 15) is 0 Å². The molecule has 0 heterocycles. The van der Waals surface area contributed by atoms with Crippen LogP contribution in [0.4, 0.5) is 4.70 Å². The molecule has 0 aliphatic carbocycles. The molecule has 0 saturated heterocycles. The summed E-state index contributed by atoms with van der Waals surface area (Å²) in [6.45, 7) is 4.00. The van der Waals surface area contributed by atoms with Gasteiger partial charge in [0.05, 0.1) is 0 Å². The molecule has 0 aliphatic heterocycles. The van der Waals surface area contributed by atoms with Gasteiger partial charge in [-0.25, -0.2) is 0 Å². The first-order valence-electron chi connectivity index (χ1n) is 1.15. The summed E-state index contributed by atoms with van der Waals surface area (Å²) < 4.78 is 0.